The quantitative estimate of drug-likeness (QED) is 0.494. The normalized spacial score (nSPS) is 10.8. The summed E-state index contributed by atoms with van der Waals surface area (Å²) in [6.45, 7) is 3.76. The van der Waals surface area contributed by atoms with E-state index >= 15 is 0 Å². The summed E-state index contributed by atoms with van der Waals surface area (Å²) >= 11 is 6.09. The van der Waals surface area contributed by atoms with Gasteiger partial charge in [0.2, 0.25) is 0 Å². The minimum absolute atomic E-state index is 0.154. The molecule has 1 N–H and O–H groups in total. The number of aliphatic imine (C=N–C) groups is 1. The Morgan fingerprint density at radius 2 is 1.83 bits per heavy atom. The van der Waals surface area contributed by atoms with E-state index in [0.29, 0.717) is 22.2 Å². The van der Waals surface area contributed by atoms with Crippen molar-refractivity contribution in [3.63, 3.8) is 0 Å². The number of benzene rings is 3. The molecule has 0 heterocycles. The fourth-order valence-electron chi connectivity index (χ4n) is 2.75. The van der Waals surface area contributed by atoms with Crippen LogP contribution in [0.1, 0.15) is 16.7 Å². The lowest BCUT2D eigenvalue weighted by Crippen LogP contribution is -2.20. The number of nitrogens with zero attached hydrogens (tertiary/aromatic N) is 1. The second-order valence-corrected chi connectivity index (χ2v) is 7.16. The van der Waals surface area contributed by atoms with Gasteiger partial charge in [-0.1, -0.05) is 35.9 Å². The number of para-hydroxylation sites is 1. The molecule has 5 nitrogen and oxygen atoms in total. The largest absolute Gasteiger partial charge is 0.493 e. The minimum atomic E-state index is -0.290. The van der Waals surface area contributed by atoms with Gasteiger partial charge >= 0.3 is 0 Å². The lowest BCUT2D eigenvalue weighted by atomic mass is 10.2. The first-order chi connectivity index (χ1) is 14.5. The molecule has 0 atom stereocenters. The SMILES string of the molecule is COc1cc(C=Nc2ccccc2C)ccc1OCC(=O)Nc1ccc(C)c(Cl)c1. The van der Waals surface area contributed by atoms with E-state index in [1.165, 1.54) is 0 Å². The summed E-state index contributed by atoms with van der Waals surface area (Å²) in [6.07, 6.45) is 1.77. The molecule has 0 unspecified atom stereocenters. The Kier molecular flexibility index (Phi) is 7.09. The maximum absolute atomic E-state index is 12.2. The van der Waals surface area contributed by atoms with Crippen LogP contribution in [0, 0.1) is 13.8 Å². The van der Waals surface area contributed by atoms with E-state index in [0.717, 1.165) is 22.4 Å². The molecule has 0 aromatic heterocycles. The summed E-state index contributed by atoms with van der Waals surface area (Å²) in [6, 6.07) is 18.7. The Morgan fingerprint density at radius 3 is 2.57 bits per heavy atom. The van der Waals surface area contributed by atoms with Gasteiger partial charge in [0.25, 0.3) is 5.91 Å². The van der Waals surface area contributed by atoms with Crippen LogP contribution in [0.3, 0.4) is 0 Å². The number of anilines is 1. The highest BCUT2D eigenvalue weighted by Gasteiger charge is 2.09. The van der Waals surface area contributed by atoms with E-state index < -0.39 is 0 Å². The van der Waals surface area contributed by atoms with Crippen LogP contribution in [-0.2, 0) is 4.79 Å². The van der Waals surface area contributed by atoms with Crippen molar-refractivity contribution >= 4 is 35.1 Å². The van der Waals surface area contributed by atoms with Crippen molar-refractivity contribution in [3.8, 4) is 11.5 Å². The Morgan fingerprint density at radius 1 is 1.03 bits per heavy atom. The fourth-order valence-corrected chi connectivity index (χ4v) is 2.93. The highest BCUT2D eigenvalue weighted by atomic mass is 35.5. The third-order valence-electron chi connectivity index (χ3n) is 4.47. The number of methoxy groups -OCH3 is 1. The van der Waals surface area contributed by atoms with Crippen molar-refractivity contribution in [1.82, 2.24) is 0 Å². The summed E-state index contributed by atoms with van der Waals surface area (Å²) in [4.78, 5) is 16.7. The highest BCUT2D eigenvalue weighted by Crippen LogP contribution is 2.28. The Hall–Kier alpha value is -3.31. The van der Waals surface area contributed by atoms with Crippen LogP contribution in [0.15, 0.2) is 65.7 Å². The first kappa shape index (κ1) is 21.4. The van der Waals surface area contributed by atoms with Gasteiger partial charge in [0.05, 0.1) is 12.8 Å². The highest BCUT2D eigenvalue weighted by molar-refractivity contribution is 6.31. The number of carbonyl (C=O) groups excluding carboxylic acids is 1. The lowest BCUT2D eigenvalue weighted by molar-refractivity contribution is -0.118. The average molecular weight is 423 g/mol. The van der Waals surface area contributed by atoms with E-state index in [9.17, 15) is 4.79 Å². The van der Waals surface area contributed by atoms with Gasteiger partial charge in [-0.15, -0.1) is 0 Å². The fraction of sp³-hybridized carbons (Fsp3) is 0.167. The molecule has 0 saturated heterocycles. The predicted molar refractivity (Wildman–Crippen MR) is 122 cm³/mol. The van der Waals surface area contributed by atoms with Crippen LogP contribution < -0.4 is 14.8 Å². The molecule has 3 rings (SSSR count). The zero-order chi connectivity index (χ0) is 21.5. The molecular formula is C24H23ClN2O3. The maximum atomic E-state index is 12.2. The lowest BCUT2D eigenvalue weighted by Gasteiger charge is -2.12. The number of amides is 1. The molecule has 3 aromatic rings. The Balaban J connectivity index is 1.64. The van der Waals surface area contributed by atoms with Crippen LogP contribution in [0.4, 0.5) is 11.4 Å². The second-order valence-electron chi connectivity index (χ2n) is 6.76. The van der Waals surface area contributed by atoms with Gasteiger partial charge in [0.15, 0.2) is 18.1 Å². The third-order valence-corrected chi connectivity index (χ3v) is 4.88. The number of carbonyl (C=O) groups is 1. The number of hydrogen-bond acceptors (Lipinski definition) is 4. The summed E-state index contributed by atoms with van der Waals surface area (Å²) in [5, 5.41) is 3.36. The smallest absolute Gasteiger partial charge is 0.262 e. The minimum Gasteiger partial charge on any atom is -0.493 e. The number of aryl methyl sites for hydroxylation is 2. The van der Waals surface area contributed by atoms with Crippen molar-refractivity contribution in [2.45, 2.75) is 13.8 Å². The number of ether oxygens (including phenoxy) is 2. The van der Waals surface area contributed by atoms with Crippen LogP contribution in [0.25, 0.3) is 0 Å². The van der Waals surface area contributed by atoms with Gasteiger partial charge in [0.1, 0.15) is 0 Å². The number of nitrogens with one attached hydrogen (secondary N) is 1. The Labute approximate surface area is 181 Å². The summed E-state index contributed by atoms with van der Waals surface area (Å²) < 4.78 is 11.0. The monoisotopic (exact) mass is 422 g/mol. The molecule has 0 aliphatic rings. The zero-order valence-electron chi connectivity index (χ0n) is 17.1. The molecule has 0 aliphatic carbocycles. The molecular weight excluding hydrogens is 400 g/mol. The summed E-state index contributed by atoms with van der Waals surface area (Å²) in [5.41, 5.74) is 4.43. The molecule has 0 fully saturated rings. The molecule has 154 valence electrons. The van der Waals surface area contributed by atoms with E-state index in [1.54, 1.807) is 31.5 Å². The summed E-state index contributed by atoms with van der Waals surface area (Å²) in [5.74, 6) is 0.708. The molecule has 0 radical (unpaired) electrons. The van der Waals surface area contributed by atoms with Gasteiger partial charge in [-0.05, 0) is 66.9 Å². The Bertz CT molecular complexity index is 1080. The first-order valence-corrected chi connectivity index (χ1v) is 9.80. The molecule has 6 heteroatoms. The van der Waals surface area contributed by atoms with Crippen molar-refractivity contribution in [1.29, 1.82) is 0 Å². The molecule has 0 aliphatic heterocycles. The first-order valence-electron chi connectivity index (χ1n) is 9.43. The zero-order valence-corrected chi connectivity index (χ0v) is 17.9. The molecule has 0 saturated carbocycles. The van der Waals surface area contributed by atoms with Crippen molar-refractivity contribution in [2.75, 3.05) is 19.0 Å². The second kappa shape index (κ2) is 9.94. The molecule has 1 amide bonds. The third kappa shape index (κ3) is 5.61. The van der Waals surface area contributed by atoms with Gasteiger partial charge in [-0.25, -0.2) is 0 Å². The maximum Gasteiger partial charge on any atom is 0.262 e. The van der Waals surface area contributed by atoms with E-state index in [1.807, 2.05) is 56.3 Å². The summed E-state index contributed by atoms with van der Waals surface area (Å²) in [7, 11) is 1.55. The average Bonchev–Trinajstić information content (AvgIpc) is 2.74. The van der Waals surface area contributed by atoms with Gasteiger partial charge < -0.3 is 14.8 Å². The van der Waals surface area contributed by atoms with Crippen LogP contribution >= 0.6 is 11.6 Å². The molecule has 30 heavy (non-hydrogen) atoms. The van der Waals surface area contributed by atoms with Crippen molar-refractivity contribution in [2.24, 2.45) is 4.99 Å². The van der Waals surface area contributed by atoms with Gasteiger partial charge in [-0.2, -0.15) is 0 Å². The molecule has 0 spiro atoms. The van der Waals surface area contributed by atoms with Crippen LogP contribution in [0.5, 0.6) is 11.5 Å². The topological polar surface area (TPSA) is 59.9 Å². The van der Waals surface area contributed by atoms with Crippen LogP contribution in [0.2, 0.25) is 5.02 Å². The molecule has 3 aromatic carbocycles. The van der Waals surface area contributed by atoms with Gasteiger partial charge in [0, 0.05) is 16.9 Å². The van der Waals surface area contributed by atoms with E-state index in [2.05, 4.69) is 10.3 Å². The van der Waals surface area contributed by atoms with Crippen LogP contribution in [-0.4, -0.2) is 25.8 Å². The van der Waals surface area contributed by atoms with Crippen molar-refractivity contribution in [3.05, 3.63) is 82.4 Å². The van der Waals surface area contributed by atoms with E-state index in [-0.39, 0.29) is 12.5 Å². The number of rotatable bonds is 7. The molecule has 0 bridgehead atoms. The van der Waals surface area contributed by atoms with E-state index in [4.69, 9.17) is 21.1 Å². The number of halogens is 1. The van der Waals surface area contributed by atoms with Gasteiger partial charge in [-0.3, -0.25) is 9.79 Å². The predicted octanol–water partition coefficient (Wildman–Crippen LogP) is 5.73. The van der Waals surface area contributed by atoms with Crippen molar-refractivity contribution < 1.29 is 14.3 Å². The standard InChI is InChI=1S/C24H23ClN2O3/c1-16-8-10-19(13-20(16)25)27-24(28)15-30-22-11-9-18(12-23(22)29-3)14-26-21-7-5-4-6-17(21)2/h4-14H,15H2,1-3H3,(H,27,28). The number of hydrogen-bond donors (Lipinski definition) is 1.